The van der Waals surface area contributed by atoms with Gasteiger partial charge in [-0.15, -0.1) is 10.2 Å². The number of halogens is 2. The lowest BCUT2D eigenvalue weighted by atomic mass is 9.99. The van der Waals surface area contributed by atoms with Gasteiger partial charge < -0.3 is 4.42 Å². The highest BCUT2D eigenvalue weighted by atomic mass is 35.5. The predicted molar refractivity (Wildman–Crippen MR) is 112 cm³/mol. The van der Waals surface area contributed by atoms with E-state index in [-0.39, 0.29) is 22.3 Å². The number of hydrogen-bond acceptors (Lipinski definition) is 6. The molecule has 0 radical (unpaired) electrons. The molecule has 0 saturated heterocycles. The number of benzene rings is 2. The van der Waals surface area contributed by atoms with Crippen LogP contribution in [-0.2, 0) is 6.42 Å². The molecule has 1 atom stereocenters. The maximum Gasteiger partial charge on any atom is 0.297 e. The summed E-state index contributed by atoms with van der Waals surface area (Å²) in [6, 6.07) is 9.71. The summed E-state index contributed by atoms with van der Waals surface area (Å²) in [5.41, 5.74) is 0.429. The number of carbonyl (C=O) groups excluding carboxylic acids is 1. The second-order valence-corrected chi connectivity index (χ2v) is 8.26. The molecule has 1 amide bonds. The molecule has 4 aromatic rings. The number of carbonyl (C=O) groups is 1. The van der Waals surface area contributed by atoms with Crippen LogP contribution in [0.15, 0.2) is 51.7 Å². The largest absolute Gasteiger partial charge is 0.450 e. The average Bonchev–Trinajstić information content (AvgIpc) is 3.31. The number of aromatic nitrogens is 2. The van der Waals surface area contributed by atoms with Crippen molar-refractivity contribution in [2.24, 2.45) is 0 Å². The summed E-state index contributed by atoms with van der Waals surface area (Å²) in [5, 5.41) is 9.88. The van der Waals surface area contributed by atoms with E-state index in [1.165, 1.54) is 28.4 Å². The zero-order valence-corrected chi connectivity index (χ0v) is 17.1. The molecule has 9 heteroatoms. The molecule has 2 aromatic carbocycles. The van der Waals surface area contributed by atoms with Gasteiger partial charge in [0.1, 0.15) is 16.4 Å². The van der Waals surface area contributed by atoms with Crippen molar-refractivity contribution in [3.05, 3.63) is 85.4 Å². The van der Waals surface area contributed by atoms with Gasteiger partial charge in [0.05, 0.1) is 17.0 Å². The van der Waals surface area contributed by atoms with Crippen molar-refractivity contribution in [3.8, 4) is 0 Å². The minimum Gasteiger partial charge on any atom is -0.450 e. The summed E-state index contributed by atoms with van der Waals surface area (Å²) >= 11 is 7.45. The van der Waals surface area contributed by atoms with Crippen LogP contribution in [0, 0.1) is 5.82 Å². The number of fused-ring (bicyclic) bond motifs is 2. The van der Waals surface area contributed by atoms with E-state index in [2.05, 4.69) is 10.2 Å². The van der Waals surface area contributed by atoms with Gasteiger partial charge in [-0.05, 0) is 42.3 Å². The molecule has 5 rings (SSSR count). The van der Waals surface area contributed by atoms with E-state index in [1.807, 2.05) is 6.92 Å². The van der Waals surface area contributed by atoms with Gasteiger partial charge in [0, 0.05) is 5.02 Å². The highest BCUT2D eigenvalue weighted by Crippen LogP contribution is 2.42. The zero-order chi connectivity index (χ0) is 21.0. The summed E-state index contributed by atoms with van der Waals surface area (Å²) in [4.78, 5) is 28.1. The number of hydrogen-bond donors (Lipinski definition) is 0. The standard InChI is InChI=1S/C21H13ClFN3O3S/c1-2-15-24-25-21(30-15)26-17(10-4-3-5-11(22)8-10)16-18(27)13-9-12(23)6-7-14(13)29-19(16)20(26)28/h3-9,17H,2H2,1H3. The van der Waals surface area contributed by atoms with Gasteiger partial charge in [-0.25, -0.2) is 4.39 Å². The number of amides is 1. The molecule has 0 spiro atoms. The first kappa shape index (κ1) is 18.9. The lowest BCUT2D eigenvalue weighted by Gasteiger charge is -2.22. The second-order valence-electron chi connectivity index (χ2n) is 6.78. The van der Waals surface area contributed by atoms with Crippen LogP contribution >= 0.6 is 22.9 Å². The number of rotatable bonds is 3. The monoisotopic (exact) mass is 441 g/mol. The maximum atomic E-state index is 13.8. The van der Waals surface area contributed by atoms with E-state index >= 15 is 0 Å². The van der Waals surface area contributed by atoms with E-state index in [4.69, 9.17) is 16.0 Å². The van der Waals surface area contributed by atoms with Gasteiger partial charge in [0.25, 0.3) is 5.91 Å². The van der Waals surface area contributed by atoms with E-state index in [1.54, 1.807) is 24.3 Å². The number of aryl methyl sites for hydroxylation is 1. The van der Waals surface area contributed by atoms with Gasteiger partial charge >= 0.3 is 0 Å². The lowest BCUT2D eigenvalue weighted by molar-refractivity contribution is 0.0970. The van der Waals surface area contributed by atoms with E-state index in [9.17, 15) is 14.0 Å². The highest BCUT2D eigenvalue weighted by molar-refractivity contribution is 7.15. The first-order valence-corrected chi connectivity index (χ1v) is 10.3. The van der Waals surface area contributed by atoms with Gasteiger partial charge in [-0.1, -0.05) is 42.0 Å². The van der Waals surface area contributed by atoms with Gasteiger partial charge in [0.15, 0.2) is 5.43 Å². The molecule has 0 bridgehead atoms. The maximum absolute atomic E-state index is 13.8. The van der Waals surface area contributed by atoms with Crippen molar-refractivity contribution < 1.29 is 13.6 Å². The van der Waals surface area contributed by atoms with Crippen LogP contribution in [0.2, 0.25) is 5.02 Å². The molecule has 6 nitrogen and oxygen atoms in total. The van der Waals surface area contributed by atoms with Crippen LogP contribution in [0.4, 0.5) is 9.52 Å². The number of anilines is 1. The minimum atomic E-state index is -0.812. The van der Waals surface area contributed by atoms with Crippen molar-refractivity contribution >= 4 is 44.9 Å². The van der Waals surface area contributed by atoms with E-state index < -0.39 is 23.2 Å². The third-order valence-corrected chi connectivity index (χ3v) is 6.26. The Labute approximate surface area is 178 Å². The van der Waals surface area contributed by atoms with Crippen LogP contribution in [0.3, 0.4) is 0 Å². The van der Waals surface area contributed by atoms with Gasteiger partial charge in [-0.3, -0.25) is 14.5 Å². The second kappa shape index (κ2) is 7.00. The molecule has 3 heterocycles. The Morgan fingerprint density at radius 3 is 2.77 bits per heavy atom. The minimum absolute atomic E-state index is 0.0712. The number of nitrogens with zero attached hydrogens (tertiary/aromatic N) is 3. The van der Waals surface area contributed by atoms with Gasteiger partial charge in [-0.2, -0.15) is 0 Å². The van der Waals surface area contributed by atoms with Crippen LogP contribution < -0.4 is 10.3 Å². The Morgan fingerprint density at radius 2 is 2.03 bits per heavy atom. The SMILES string of the molecule is CCc1nnc(N2C(=O)c3oc4ccc(F)cc4c(=O)c3C2c2cccc(Cl)c2)s1. The lowest BCUT2D eigenvalue weighted by Crippen LogP contribution is -2.29. The van der Waals surface area contributed by atoms with Crippen LogP contribution in [0.5, 0.6) is 0 Å². The van der Waals surface area contributed by atoms with Crippen molar-refractivity contribution in [2.75, 3.05) is 4.90 Å². The van der Waals surface area contributed by atoms with Crippen molar-refractivity contribution in [1.29, 1.82) is 0 Å². The summed E-state index contributed by atoms with van der Waals surface area (Å²) in [7, 11) is 0. The highest BCUT2D eigenvalue weighted by Gasteiger charge is 2.45. The molecule has 0 N–H and O–H groups in total. The van der Waals surface area contributed by atoms with Crippen molar-refractivity contribution in [3.63, 3.8) is 0 Å². The average molecular weight is 442 g/mol. The first-order valence-electron chi connectivity index (χ1n) is 9.15. The van der Waals surface area contributed by atoms with Gasteiger partial charge in [0.2, 0.25) is 10.9 Å². The quantitative estimate of drug-likeness (QED) is 0.458. The fourth-order valence-corrected chi connectivity index (χ4v) is 4.62. The Balaban J connectivity index is 1.82. The van der Waals surface area contributed by atoms with Crippen LogP contribution in [0.25, 0.3) is 11.0 Å². The molecule has 30 heavy (non-hydrogen) atoms. The Kier molecular flexibility index (Phi) is 4.41. The third-order valence-electron chi connectivity index (χ3n) is 4.96. The third kappa shape index (κ3) is 2.83. The summed E-state index contributed by atoms with van der Waals surface area (Å²) in [5.74, 6) is -1.15. The Morgan fingerprint density at radius 1 is 1.20 bits per heavy atom. The topological polar surface area (TPSA) is 76.3 Å². The molecule has 150 valence electrons. The van der Waals surface area contributed by atoms with E-state index in [0.29, 0.717) is 22.1 Å². The normalized spacial score (nSPS) is 15.8. The molecule has 0 aliphatic carbocycles. The molecule has 1 aliphatic heterocycles. The molecule has 1 aliphatic rings. The van der Waals surface area contributed by atoms with Crippen molar-refractivity contribution in [2.45, 2.75) is 19.4 Å². The van der Waals surface area contributed by atoms with E-state index in [0.717, 1.165) is 11.1 Å². The zero-order valence-electron chi connectivity index (χ0n) is 15.6. The molecule has 2 aromatic heterocycles. The molecular weight excluding hydrogens is 429 g/mol. The summed E-state index contributed by atoms with van der Waals surface area (Å²) in [6.07, 6.45) is 0.662. The summed E-state index contributed by atoms with van der Waals surface area (Å²) in [6.45, 7) is 1.94. The molecular formula is C21H13ClFN3O3S. The predicted octanol–water partition coefficient (Wildman–Crippen LogP) is 4.75. The van der Waals surface area contributed by atoms with Crippen LogP contribution in [-0.4, -0.2) is 16.1 Å². The smallest absolute Gasteiger partial charge is 0.297 e. The fraction of sp³-hybridized carbons (Fsp3) is 0.143. The molecule has 1 unspecified atom stereocenters. The summed E-state index contributed by atoms with van der Waals surface area (Å²) < 4.78 is 19.6. The first-order chi connectivity index (χ1) is 14.5. The fourth-order valence-electron chi connectivity index (χ4n) is 3.62. The van der Waals surface area contributed by atoms with Crippen molar-refractivity contribution in [1.82, 2.24) is 10.2 Å². The Hall–Kier alpha value is -3.10. The Bertz CT molecular complexity index is 1380. The molecule has 0 saturated carbocycles. The van der Waals surface area contributed by atoms with Crippen LogP contribution in [0.1, 0.15) is 39.7 Å². The molecule has 0 fully saturated rings.